The first-order chi connectivity index (χ1) is 11.1. The zero-order chi connectivity index (χ0) is 16.2. The highest BCUT2D eigenvalue weighted by molar-refractivity contribution is 9.10. The molecule has 1 heterocycles. The van der Waals surface area contributed by atoms with E-state index in [9.17, 15) is 9.90 Å². The highest BCUT2D eigenvalue weighted by Gasteiger charge is 2.22. The molecule has 1 unspecified atom stereocenters. The van der Waals surface area contributed by atoms with Crippen LogP contribution < -0.4 is 0 Å². The maximum Gasteiger partial charge on any atom is 0.338 e. The lowest BCUT2D eigenvalue weighted by atomic mass is 10.2. The third-order valence-electron chi connectivity index (χ3n) is 3.33. The topological polar surface area (TPSA) is 58.9 Å². The van der Waals surface area contributed by atoms with Crippen molar-refractivity contribution in [2.75, 3.05) is 12.4 Å². The molecule has 0 aromatic heterocycles. The molecule has 23 heavy (non-hydrogen) atoms. The van der Waals surface area contributed by atoms with Gasteiger partial charge in [-0.2, -0.15) is 0 Å². The molecule has 6 heteroatoms. The van der Waals surface area contributed by atoms with Gasteiger partial charge in [0.25, 0.3) is 0 Å². The molecule has 1 N–H and O–H groups in total. The fraction of sp³-hybridized carbons (Fsp3) is 0.176. The van der Waals surface area contributed by atoms with Crippen molar-refractivity contribution >= 4 is 38.7 Å². The number of esters is 1. The molecular weight excluding hydrogens is 378 g/mol. The molecular formula is C17H14BrNO3S. The summed E-state index contributed by atoms with van der Waals surface area (Å²) in [6, 6.07) is 14.0. The zero-order valence-electron chi connectivity index (χ0n) is 12.1. The lowest BCUT2D eigenvalue weighted by Crippen LogP contribution is -2.17. The van der Waals surface area contributed by atoms with Crippen molar-refractivity contribution < 1.29 is 14.6 Å². The summed E-state index contributed by atoms with van der Waals surface area (Å²) < 4.78 is 6.24. The van der Waals surface area contributed by atoms with Crippen LogP contribution in [0.3, 0.4) is 0 Å². The van der Waals surface area contributed by atoms with E-state index in [4.69, 9.17) is 4.74 Å². The molecule has 1 aliphatic heterocycles. The highest BCUT2D eigenvalue weighted by atomic mass is 79.9. The number of thioether (sulfide) groups is 1. The van der Waals surface area contributed by atoms with E-state index in [2.05, 4.69) is 20.9 Å². The van der Waals surface area contributed by atoms with Gasteiger partial charge in [-0.25, -0.2) is 4.79 Å². The summed E-state index contributed by atoms with van der Waals surface area (Å²) in [4.78, 5) is 16.5. The minimum absolute atomic E-state index is 0.0889. The Bertz CT molecular complexity index is 746. The Labute approximate surface area is 146 Å². The maximum absolute atomic E-state index is 12.0. The molecule has 4 nitrogen and oxygen atoms in total. The van der Waals surface area contributed by atoms with Crippen LogP contribution in [-0.2, 0) is 4.74 Å². The van der Waals surface area contributed by atoms with E-state index in [0.717, 1.165) is 20.8 Å². The third kappa shape index (κ3) is 3.95. The minimum atomic E-state index is -0.353. The minimum Gasteiger partial charge on any atom is -0.507 e. The molecule has 0 amide bonds. The number of nitrogens with zero attached hydrogens (tertiary/aromatic N) is 1. The molecule has 0 fully saturated rings. The van der Waals surface area contributed by atoms with Crippen LogP contribution >= 0.6 is 27.7 Å². The Morgan fingerprint density at radius 1 is 1.26 bits per heavy atom. The number of halogens is 1. The number of hydrogen-bond donors (Lipinski definition) is 1. The van der Waals surface area contributed by atoms with Crippen LogP contribution in [0.25, 0.3) is 0 Å². The summed E-state index contributed by atoms with van der Waals surface area (Å²) in [7, 11) is 0. The zero-order valence-corrected chi connectivity index (χ0v) is 14.5. The standard InChI is InChI=1S/C17H14BrNO3S/c18-12-7-5-11(6-8-12)17(21)22-9-13-10-23-16(19-13)14-3-1-2-4-15(14)20/h1-8,13,20H,9-10H2. The Balaban J connectivity index is 1.60. The number of carbonyl (C=O) groups excluding carboxylic acids is 1. The Hall–Kier alpha value is -1.79. The van der Waals surface area contributed by atoms with E-state index in [-0.39, 0.29) is 24.4 Å². The first-order valence-electron chi connectivity index (χ1n) is 7.05. The van der Waals surface area contributed by atoms with Crippen LogP contribution in [0.1, 0.15) is 15.9 Å². The monoisotopic (exact) mass is 391 g/mol. The molecule has 0 bridgehead atoms. The van der Waals surface area contributed by atoms with Crippen molar-refractivity contribution in [2.45, 2.75) is 6.04 Å². The van der Waals surface area contributed by atoms with E-state index in [1.807, 2.05) is 12.1 Å². The van der Waals surface area contributed by atoms with Gasteiger partial charge in [0, 0.05) is 15.8 Å². The van der Waals surface area contributed by atoms with Crippen molar-refractivity contribution in [1.82, 2.24) is 0 Å². The van der Waals surface area contributed by atoms with Crippen LogP contribution in [-0.4, -0.2) is 34.5 Å². The van der Waals surface area contributed by atoms with Crippen molar-refractivity contribution in [3.05, 3.63) is 64.1 Å². The molecule has 0 spiro atoms. The summed E-state index contributed by atoms with van der Waals surface area (Å²) in [5.41, 5.74) is 1.24. The Morgan fingerprint density at radius 3 is 2.74 bits per heavy atom. The van der Waals surface area contributed by atoms with Crippen molar-refractivity contribution in [2.24, 2.45) is 4.99 Å². The van der Waals surface area contributed by atoms with Gasteiger partial charge in [0.1, 0.15) is 17.4 Å². The number of hydrogen-bond acceptors (Lipinski definition) is 5. The smallest absolute Gasteiger partial charge is 0.338 e. The molecule has 0 radical (unpaired) electrons. The molecule has 118 valence electrons. The predicted octanol–water partition coefficient (Wildman–Crippen LogP) is 3.87. The van der Waals surface area contributed by atoms with Gasteiger partial charge in [-0.05, 0) is 36.4 Å². The second-order valence-corrected chi connectivity index (χ2v) is 6.95. The molecule has 0 aliphatic carbocycles. The fourth-order valence-electron chi connectivity index (χ4n) is 2.14. The number of para-hydroxylation sites is 1. The van der Waals surface area contributed by atoms with E-state index in [0.29, 0.717) is 5.56 Å². The van der Waals surface area contributed by atoms with Crippen LogP contribution in [0.4, 0.5) is 0 Å². The normalized spacial score (nSPS) is 16.9. The number of carbonyl (C=O) groups is 1. The van der Waals surface area contributed by atoms with Crippen LogP contribution in [0.15, 0.2) is 58.0 Å². The summed E-state index contributed by atoms with van der Waals surface area (Å²) in [6.07, 6.45) is 0. The summed E-state index contributed by atoms with van der Waals surface area (Å²) in [5, 5.41) is 10.6. The average molecular weight is 392 g/mol. The predicted molar refractivity (Wildman–Crippen MR) is 95.3 cm³/mol. The number of aromatic hydroxyl groups is 1. The second-order valence-electron chi connectivity index (χ2n) is 5.02. The number of phenols is 1. The fourth-order valence-corrected chi connectivity index (χ4v) is 3.48. The lowest BCUT2D eigenvalue weighted by molar-refractivity contribution is 0.0490. The van der Waals surface area contributed by atoms with E-state index >= 15 is 0 Å². The number of rotatable bonds is 4. The van der Waals surface area contributed by atoms with Gasteiger partial charge in [0.15, 0.2) is 0 Å². The number of ether oxygens (including phenoxy) is 1. The van der Waals surface area contributed by atoms with Gasteiger partial charge in [-0.3, -0.25) is 4.99 Å². The van der Waals surface area contributed by atoms with Crippen LogP contribution in [0.2, 0.25) is 0 Å². The largest absolute Gasteiger partial charge is 0.507 e. The van der Waals surface area contributed by atoms with Gasteiger partial charge in [0.2, 0.25) is 0 Å². The first-order valence-corrected chi connectivity index (χ1v) is 8.83. The summed E-state index contributed by atoms with van der Waals surface area (Å²) in [6.45, 7) is 0.235. The summed E-state index contributed by atoms with van der Waals surface area (Å²) >= 11 is 4.89. The molecule has 0 saturated carbocycles. The van der Waals surface area contributed by atoms with Gasteiger partial charge < -0.3 is 9.84 Å². The Kier molecular flexibility index (Phi) is 5.03. The third-order valence-corrected chi connectivity index (χ3v) is 5.01. The lowest BCUT2D eigenvalue weighted by Gasteiger charge is -2.07. The Morgan fingerprint density at radius 2 is 2.00 bits per heavy atom. The number of benzene rings is 2. The van der Waals surface area contributed by atoms with Crippen molar-refractivity contribution in [3.63, 3.8) is 0 Å². The molecule has 2 aromatic carbocycles. The average Bonchev–Trinajstić information content (AvgIpc) is 3.02. The van der Waals surface area contributed by atoms with Crippen molar-refractivity contribution in [1.29, 1.82) is 0 Å². The van der Waals surface area contributed by atoms with Gasteiger partial charge >= 0.3 is 5.97 Å². The van der Waals surface area contributed by atoms with Crippen molar-refractivity contribution in [3.8, 4) is 5.75 Å². The molecule has 1 aliphatic rings. The highest BCUT2D eigenvalue weighted by Crippen LogP contribution is 2.28. The molecule has 2 aromatic rings. The number of aliphatic imine (C=N–C) groups is 1. The van der Waals surface area contributed by atoms with E-state index < -0.39 is 0 Å². The maximum atomic E-state index is 12.0. The van der Waals surface area contributed by atoms with Gasteiger partial charge in [-0.1, -0.05) is 28.1 Å². The van der Waals surface area contributed by atoms with Crippen LogP contribution in [0.5, 0.6) is 5.75 Å². The number of phenolic OH excluding ortho intramolecular Hbond substituents is 1. The molecule has 0 saturated heterocycles. The summed E-state index contributed by atoms with van der Waals surface area (Å²) in [5.74, 6) is 0.594. The SMILES string of the molecule is O=C(OCC1CSC(c2ccccc2O)=N1)c1ccc(Br)cc1. The van der Waals surface area contributed by atoms with Crippen LogP contribution in [0, 0.1) is 0 Å². The molecule has 1 atom stereocenters. The van der Waals surface area contributed by atoms with Gasteiger partial charge in [0.05, 0.1) is 11.6 Å². The van der Waals surface area contributed by atoms with E-state index in [1.54, 1.807) is 48.2 Å². The first kappa shape index (κ1) is 16.1. The quantitative estimate of drug-likeness (QED) is 0.803. The van der Waals surface area contributed by atoms with E-state index in [1.165, 1.54) is 0 Å². The van der Waals surface area contributed by atoms with Gasteiger partial charge in [-0.15, -0.1) is 11.8 Å². The molecule has 3 rings (SSSR count). The second kappa shape index (κ2) is 7.19.